The van der Waals surface area contributed by atoms with Crippen molar-refractivity contribution in [3.8, 4) is 11.5 Å². The molecule has 0 aliphatic carbocycles. The fourth-order valence-electron chi connectivity index (χ4n) is 2.12. The van der Waals surface area contributed by atoms with E-state index in [1.807, 2.05) is 30.3 Å². The van der Waals surface area contributed by atoms with Crippen LogP contribution in [0.2, 0.25) is 0 Å². The van der Waals surface area contributed by atoms with Crippen LogP contribution in [0.5, 0.6) is 11.5 Å². The Morgan fingerprint density at radius 2 is 1.58 bits per heavy atom. The molecule has 0 saturated carbocycles. The van der Waals surface area contributed by atoms with Crippen LogP contribution in [0.3, 0.4) is 0 Å². The van der Waals surface area contributed by atoms with E-state index in [-0.39, 0.29) is 12.5 Å². The third-order valence-corrected chi connectivity index (χ3v) is 3.46. The molecule has 6 heteroatoms. The van der Waals surface area contributed by atoms with Gasteiger partial charge >= 0.3 is 5.97 Å². The molecular weight excluding hydrogens is 334 g/mol. The first-order valence-electron chi connectivity index (χ1n) is 8.45. The Kier molecular flexibility index (Phi) is 7.49. The van der Waals surface area contributed by atoms with E-state index in [2.05, 4.69) is 5.32 Å². The van der Waals surface area contributed by atoms with E-state index in [4.69, 9.17) is 14.2 Å². The van der Waals surface area contributed by atoms with Crippen LogP contribution < -0.4 is 14.8 Å². The molecule has 0 aliphatic rings. The highest BCUT2D eigenvalue weighted by atomic mass is 16.6. The zero-order valence-corrected chi connectivity index (χ0v) is 14.9. The van der Waals surface area contributed by atoms with Gasteiger partial charge in [0.2, 0.25) is 0 Å². The smallest absolute Gasteiger partial charge is 0.344 e. The molecule has 2 rings (SSSR count). The van der Waals surface area contributed by atoms with Crippen molar-refractivity contribution in [2.24, 2.45) is 0 Å². The molecule has 0 heterocycles. The number of likely N-dealkylation sites (N-methyl/N-ethyl adjacent to an activating group) is 1. The average molecular weight is 357 g/mol. The van der Waals surface area contributed by atoms with Gasteiger partial charge in [0.05, 0.1) is 0 Å². The molecule has 1 amide bonds. The van der Waals surface area contributed by atoms with E-state index < -0.39 is 12.1 Å². The zero-order chi connectivity index (χ0) is 18.8. The van der Waals surface area contributed by atoms with E-state index in [0.717, 1.165) is 5.56 Å². The lowest BCUT2D eigenvalue weighted by Crippen LogP contribution is -2.36. The van der Waals surface area contributed by atoms with Gasteiger partial charge in [0.1, 0.15) is 18.1 Å². The summed E-state index contributed by atoms with van der Waals surface area (Å²) < 4.78 is 16.0. The number of hydrogen-bond acceptors (Lipinski definition) is 5. The minimum atomic E-state index is -0.847. The predicted octanol–water partition coefficient (Wildman–Crippen LogP) is 2.71. The van der Waals surface area contributed by atoms with Crippen LogP contribution in [-0.2, 0) is 20.9 Å². The van der Waals surface area contributed by atoms with Gasteiger partial charge in [0.25, 0.3) is 5.91 Å². The minimum Gasteiger partial charge on any atom is -0.489 e. The molecule has 26 heavy (non-hydrogen) atoms. The normalized spacial score (nSPS) is 11.3. The van der Waals surface area contributed by atoms with Crippen molar-refractivity contribution in [3.63, 3.8) is 0 Å². The number of amides is 1. The Hall–Kier alpha value is -3.02. The van der Waals surface area contributed by atoms with Gasteiger partial charge in [-0.1, -0.05) is 30.3 Å². The van der Waals surface area contributed by atoms with Crippen LogP contribution in [0.25, 0.3) is 0 Å². The summed E-state index contributed by atoms with van der Waals surface area (Å²) in [5, 5.41) is 2.58. The molecule has 6 nitrogen and oxygen atoms in total. The van der Waals surface area contributed by atoms with E-state index in [9.17, 15) is 9.59 Å². The number of carbonyl (C=O) groups excluding carboxylic acids is 2. The second kappa shape index (κ2) is 10.1. The highest BCUT2D eigenvalue weighted by Crippen LogP contribution is 2.18. The van der Waals surface area contributed by atoms with Crippen LogP contribution in [0.15, 0.2) is 54.6 Å². The molecular formula is C20H23NO5. The van der Waals surface area contributed by atoms with Crippen LogP contribution in [0.4, 0.5) is 0 Å². The molecule has 1 atom stereocenters. The number of hydrogen-bond donors (Lipinski definition) is 1. The molecule has 0 radical (unpaired) electrons. The van der Waals surface area contributed by atoms with E-state index in [0.29, 0.717) is 24.7 Å². The Labute approximate surface area is 153 Å². The van der Waals surface area contributed by atoms with Crippen LogP contribution >= 0.6 is 0 Å². The Morgan fingerprint density at radius 3 is 2.19 bits per heavy atom. The summed E-state index contributed by atoms with van der Waals surface area (Å²) >= 11 is 0. The number of nitrogens with one attached hydrogen (secondary N) is 1. The molecule has 2 aromatic carbocycles. The SMILES string of the molecule is CCNC(=O)[C@H](C)OC(=O)COc1ccc(OCc2ccccc2)cc1. The summed E-state index contributed by atoms with van der Waals surface area (Å²) in [6.07, 6.45) is -0.847. The molecule has 0 unspecified atom stereocenters. The van der Waals surface area contributed by atoms with Crippen molar-refractivity contribution in [3.05, 3.63) is 60.2 Å². The Morgan fingerprint density at radius 1 is 0.962 bits per heavy atom. The minimum absolute atomic E-state index is 0.270. The Bertz CT molecular complexity index is 700. The van der Waals surface area contributed by atoms with Crippen LogP contribution in [0.1, 0.15) is 19.4 Å². The van der Waals surface area contributed by atoms with Gasteiger partial charge in [-0.25, -0.2) is 4.79 Å². The quantitative estimate of drug-likeness (QED) is 0.699. The molecule has 0 spiro atoms. The number of esters is 1. The maximum atomic E-state index is 11.7. The van der Waals surface area contributed by atoms with Crippen molar-refractivity contribution in [1.29, 1.82) is 0 Å². The van der Waals surface area contributed by atoms with Gasteiger partial charge in [-0.05, 0) is 43.7 Å². The first-order valence-corrected chi connectivity index (χ1v) is 8.45. The van der Waals surface area contributed by atoms with Gasteiger partial charge in [-0.2, -0.15) is 0 Å². The first-order chi connectivity index (χ1) is 12.6. The van der Waals surface area contributed by atoms with Gasteiger partial charge in [0, 0.05) is 6.54 Å². The number of benzene rings is 2. The maximum absolute atomic E-state index is 11.7. The Balaban J connectivity index is 1.74. The predicted molar refractivity (Wildman–Crippen MR) is 96.9 cm³/mol. The molecule has 0 aliphatic heterocycles. The second-order valence-corrected chi connectivity index (χ2v) is 5.56. The molecule has 0 fully saturated rings. The standard InChI is InChI=1S/C20H23NO5/c1-3-21-20(23)15(2)26-19(22)14-25-18-11-9-17(10-12-18)24-13-16-7-5-4-6-8-16/h4-12,15H,3,13-14H2,1-2H3,(H,21,23)/t15-/m0/s1. The summed E-state index contributed by atoms with van der Waals surface area (Å²) in [4.78, 5) is 23.2. The summed E-state index contributed by atoms with van der Waals surface area (Å²) in [7, 11) is 0. The molecule has 138 valence electrons. The van der Waals surface area contributed by atoms with Crippen molar-refractivity contribution in [2.75, 3.05) is 13.2 Å². The first kappa shape index (κ1) is 19.3. The van der Waals surface area contributed by atoms with Crippen molar-refractivity contribution in [2.45, 2.75) is 26.6 Å². The zero-order valence-electron chi connectivity index (χ0n) is 14.9. The van der Waals surface area contributed by atoms with Crippen molar-refractivity contribution >= 4 is 11.9 Å². The van der Waals surface area contributed by atoms with Crippen LogP contribution in [-0.4, -0.2) is 31.1 Å². The molecule has 2 aromatic rings. The highest BCUT2D eigenvalue weighted by Gasteiger charge is 2.17. The van der Waals surface area contributed by atoms with E-state index in [1.54, 1.807) is 31.2 Å². The van der Waals surface area contributed by atoms with Gasteiger partial charge < -0.3 is 19.5 Å². The summed E-state index contributed by atoms with van der Waals surface area (Å²) in [6, 6.07) is 16.8. The van der Waals surface area contributed by atoms with Gasteiger partial charge in [-0.15, -0.1) is 0 Å². The van der Waals surface area contributed by atoms with E-state index in [1.165, 1.54) is 6.92 Å². The van der Waals surface area contributed by atoms with E-state index >= 15 is 0 Å². The maximum Gasteiger partial charge on any atom is 0.344 e. The van der Waals surface area contributed by atoms with Gasteiger partial charge in [0.15, 0.2) is 12.7 Å². The molecule has 0 saturated heterocycles. The lowest BCUT2D eigenvalue weighted by atomic mass is 10.2. The monoisotopic (exact) mass is 357 g/mol. The second-order valence-electron chi connectivity index (χ2n) is 5.56. The fourth-order valence-corrected chi connectivity index (χ4v) is 2.12. The molecule has 1 N–H and O–H groups in total. The average Bonchev–Trinajstić information content (AvgIpc) is 2.66. The third-order valence-electron chi connectivity index (χ3n) is 3.46. The topological polar surface area (TPSA) is 73.9 Å². The fraction of sp³-hybridized carbons (Fsp3) is 0.300. The van der Waals surface area contributed by atoms with Crippen molar-refractivity contribution in [1.82, 2.24) is 5.32 Å². The molecule has 0 bridgehead atoms. The lowest BCUT2D eigenvalue weighted by Gasteiger charge is -2.13. The third kappa shape index (κ3) is 6.47. The number of carbonyl (C=O) groups is 2. The largest absolute Gasteiger partial charge is 0.489 e. The van der Waals surface area contributed by atoms with Crippen molar-refractivity contribution < 1.29 is 23.8 Å². The van der Waals surface area contributed by atoms with Gasteiger partial charge in [-0.3, -0.25) is 4.79 Å². The number of rotatable bonds is 9. The summed E-state index contributed by atoms with van der Waals surface area (Å²) in [6.45, 7) is 4.00. The van der Waals surface area contributed by atoms with Crippen LogP contribution in [0, 0.1) is 0 Å². The highest BCUT2D eigenvalue weighted by molar-refractivity contribution is 5.83. The number of ether oxygens (including phenoxy) is 3. The molecule has 0 aromatic heterocycles. The summed E-state index contributed by atoms with van der Waals surface area (Å²) in [5.74, 6) is 0.280. The lowest BCUT2D eigenvalue weighted by molar-refractivity contribution is -0.156. The summed E-state index contributed by atoms with van der Waals surface area (Å²) in [5.41, 5.74) is 1.08.